The van der Waals surface area contributed by atoms with E-state index in [1.807, 2.05) is 0 Å². The van der Waals surface area contributed by atoms with E-state index in [0.29, 0.717) is 17.1 Å². The molecular weight excluding hydrogens is 148 g/mol. The Morgan fingerprint density at radius 2 is 2.17 bits per heavy atom. The molecule has 12 heavy (non-hydrogen) atoms. The highest BCUT2D eigenvalue weighted by molar-refractivity contribution is 5.79. The molecule has 0 radical (unpaired) electrons. The summed E-state index contributed by atoms with van der Waals surface area (Å²) in [5.41, 5.74) is 0.343. The minimum atomic E-state index is 0.343. The molecule has 0 N–H and O–H groups in total. The molecule has 1 saturated carbocycles. The fourth-order valence-corrected chi connectivity index (χ4v) is 2.41. The monoisotopic (exact) mass is 168 g/mol. The van der Waals surface area contributed by atoms with Gasteiger partial charge in [0.15, 0.2) is 0 Å². The Bertz CT molecular complexity index is 172. The van der Waals surface area contributed by atoms with E-state index in [1.54, 1.807) is 0 Å². The maximum absolute atomic E-state index is 11.3. The Morgan fingerprint density at radius 3 is 2.50 bits per heavy atom. The van der Waals surface area contributed by atoms with Gasteiger partial charge in [-0.15, -0.1) is 0 Å². The van der Waals surface area contributed by atoms with Gasteiger partial charge < -0.3 is 0 Å². The van der Waals surface area contributed by atoms with Crippen molar-refractivity contribution in [2.45, 2.75) is 52.9 Å². The summed E-state index contributed by atoms with van der Waals surface area (Å²) in [6, 6.07) is 0. The Balaban J connectivity index is 2.71. The van der Waals surface area contributed by atoms with E-state index >= 15 is 0 Å². The van der Waals surface area contributed by atoms with Gasteiger partial charge in [0, 0.05) is 12.8 Å². The summed E-state index contributed by atoms with van der Waals surface area (Å²) >= 11 is 0. The molecule has 0 amide bonds. The van der Waals surface area contributed by atoms with E-state index in [2.05, 4.69) is 20.8 Å². The van der Waals surface area contributed by atoms with Gasteiger partial charge in [-0.1, -0.05) is 20.8 Å². The van der Waals surface area contributed by atoms with Crippen molar-refractivity contribution >= 4 is 5.78 Å². The van der Waals surface area contributed by atoms with Gasteiger partial charge in [-0.25, -0.2) is 0 Å². The van der Waals surface area contributed by atoms with Crippen molar-refractivity contribution in [2.75, 3.05) is 0 Å². The zero-order chi connectivity index (χ0) is 9.19. The number of hydrogen-bond donors (Lipinski definition) is 0. The van der Waals surface area contributed by atoms with Crippen LogP contribution >= 0.6 is 0 Å². The quantitative estimate of drug-likeness (QED) is 0.619. The second-order valence-electron chi connectivity index (χ2n) is 4.44. The molecule has 1 atom stereocenters. The summed E-state index contributed by atoms with van der Waals surface area (Å²) < 4.78 is 0. The molecule has 0 aromatic heterocycles. The number of rotatable bonds is 2. The lowest BCUT2D eigenvalue weighted by Crippen LogP contribution is -2.33. The highest BCUT2D eigenvalue weighted by atomic mass is 16.1. The molecule has 1 fully saturated rings. The normalized spacial score (nSPS) is 31.2. The minimum Gasteiger partial charge on any atom is -0.300 e. The Kier molecular flexibility index (Phi) is 2.92. The second kappa shape index (κ2) is 3.59. The van der Waals surface area contributed by atoms with Gasteiger partial charge >= 0.3 is 0 Å². The third-order valence-electron chi connectivity index (χ3n) is 3.61. The van der Waals surface area contributed by atoms with Gasteiger partial charge in [-0.2, -0.15) is 0 Å². The van der Waals surface area contributed by atoms with Crippen LogP contribution in [0.1, 0.15) is 52.9 Å². The smallest absolute Gasteiger partial charge is 0.133 e. The molecule has 1 aliphatic rings. The van der Waals surface area contributed by atoms with Crippen LogP contribution in [0.4, 0.5) is 0 Å². The first-order chi connectivity index (χ1) is 5.60. The lowest BCUT2D eigenvalue weighted by molar-refractivity contribution is -0.125. The largest absolute Gasteiger partial charge is 0.300 e. The Hall–Kier alpha value is -0.330. The van der Waals surface area contributed by atoms with Crippen LogP contribution in [0.15, 0.2) is 0 Å². The molecule has 1 rings (SSSR count). The molecule has 1 aliphatic carbocycles. The average Bonchev–Trinajstić information content (AvgIpc) is 2.04. The molecule has 0 saturated heterocycles. The summed E-state index contributed by atoms with van der Waals surface area (Å²) in [7, 11) is 0. The maximum atomic E-state index is 11.3. The van der Waals surface area contributed by atoms with Gasteiger partial charge in [0.1, 0.15) is 5.78 Å². The van der Waals surface area contributed by atoms with Crippen LogP contribution < -0.4 is 0 Å². The topological polar surface area (TPSA) is 17.1 Å². The number of ketones is 1. The fourth-order valence-electron chi connectivity index (χ4n) is 2.41. The van der Waals surface area contributed by atoms with E-state index in [1.165, 1.54) is 6.42 Å². The average molecular weight is 168 g/mol. The minimum absolute atomic E-state index is 0.343. The van der Waals surface area contributed by atoms with Crippen LogP contribution in [0.5, 0.6) is 0 Å². The molecule has 0 heterocycles. The summed E-state index contributed by atoms with van der Waals surface area (Å²) in [6.07, 6.45) is 5.20. The molecule has 1 nitrogen and oxygen atoms in total. The fraction of sp³-hybridized carbons (Fsp3) is 0.909. The third kappa shape index (κ3) is 1.70. The van der Waals surface area contributed by atoms with Crippen LogP contribution in [-0.2, 0) is 4.79 Å². The lowest BCUT2D eigenvalue weighted by atomic mass is 9.65. The van der Waals surface area contributed by atoms with Crippen molar-refractivity contribution < 1.29 is 4.79 Å². The molecule has 0 bridgehead atoms. The third-order valence-corrected chi connectivity index (χ3v) is 3.61. The molecule has 1 heteroatoms. The van der Waals surface area contributed by atoms with Gasteiger partial charge in [0.25, 0.3) is 0 Å². The number of hydrogen-bond acceptors (Lipinski definition) is 1. The van der Waals surface area contributed by atoms with Gasteiger partial charge in [-0.05, 0) is 30.6 Å². The molecular formula is C11H20O. The van der Waals surface area contributed by atoms with Crippen molar-refractivity contribution in [3.63, 3.8) is 0 Å². The maximum Gasteiger partial charge on any atom is 0.133 e. The van der Waals surface area contributed by atoms with Crippen molar-refractivity contribution in [2.24, 2.45) is 11.3 Å². The zero-order valence-corrected chi connectivity index (χ0v) is 8.52. The van der Waals surface area contributed by atoms with E-state index in [9.17, 15) is 4.79 Å². The first-order valence-corrected chi connectivity index (χ1v) is 5.12. The van der Waals surface area contributed by atoms with E-state index in [-0.39, 0.29) is 0 Å². The van der Waals surface area contributed by atoms with E-state index < -0.39 is 0 Å². The standard InChI is InChI=1S/C11H20O/c1-4-11(9(2)3)7-5-6-10(12)8-11/h9H,4-8H2,1-3H3. The first kappa shape index (κ1) is 9.76. The van der Waals surface area contributed by atoms with Crippen LogP contribution in [0.3, 0.4) is 0 Å². The number of carbonyl (C=O) groups excluding carboxylic acids is 1. The van der Waals surface area contributed by atoms with Crippen LogP contribution in [0, 0.1) is 11.3 Å². The highest BCUT2D eigenvalue weighted by Crippen LogP contribution is 2.43. The SMILES string of the molecule is CCC1(C(C)C)CCCC(=O)C1. The summed E-state index contributed by atoms with van der Waals surface area (Å²) in [5.74, 6) is 1.14. The molecule has 0 spiro atoms. The van der Waals surface area contributed by atoms with Gasteiger partial charge in [0.2, 0.25) is 0 Å². The highest BCUT2D eigenvalue weighted by Gasteiger charge is 2.36. The van der Waals surface area contributed by atoms with Gasteiger partial charge in [0.05, 0.1) is 0 Å². The zero-order valence-electron chi connectivity index (χ0n) is 8.52. The molecule has 0 aromatic carbocycles. The van der Waals surface area contributed by atoms with Crippen LogP contribution in [0.25, 0.3) is 0 Å². The van der Waals surface area contributed by atoms with E-state index in [0.717, 1.165) is 25.7 Å². The summed E-state index contributed by atoms with van der Waals surface area (Å²) in [6.45, 7) is 6.72. The molecule has 0 aliphatic heterocycles. The van der Waals surface area contributed by atoms with Crippen molar-refractivity contribution in [1.29, 1.82) is 0 Å². The number of Topliss-reactive ketones (excluding diaryl/α,β-unsaturated/α-hetero) is 1. The Labute approximate surface area is 75.5 Å². The summed E-state index contributed by atoms with van der Waals surface area (Å²) in [5, 5.41) is 0. The second-order valence-corrected chi connectivity index (χ2v) is 4.44. The van der Waals surface area contributed by atoms with Crippen molar-refractivity contribution in [3.05, 3.63) is 0 Å². The molecule has 70 valence electrons. The first-order valence-electron chi connectivity index (χ1n) is 5.12. The predicted molar refractivity (Wildman–Crippen MR) is 51.0 cm³/mol. The number of carbonyl (C=O) groups is 1. The van der Waals surface area contributed by atoms with Crippen molar-refractivity contribution in [3.8, 4) is 0 Å². The Morgan fingerprint density at radius 1 is 1.50 bits per heavy atom. The van der Waals surface area contributed by atoms with E-state index in [4.69, 9.17) is 0 Å². The summed E-state index contributed by atoms with van der Waals surface area (Å²) in [4.78, 5) is 11.3. The predicted octanol–water partition coefficient (Wildman–Crippen LogP) is 3.18. The van der Waals surface area contributed by atoms with Crippen molar-refractivity contribution in [1.82, 2.24) is 0 Å². The van der Waals surface area contributed by atoms with Crippen LogP contribution in [0.2, 0.25) is 0 Å². The molecule has 0 aromatic rings. The van der Waals surface area contributed by atoms with Gasteiger partial charge in [-0.3, -0.25) is 4.79 Å². The molecule has 1 unspecified atom stereocenters. The van der Waals surface area contributed by atoms with Crippen LogP contribution in [-0.4, -0.2) is 5.78 Å². The lowest BCUT2D eigenvalue weighted by Gasteiger charge is -2.39.